The van der Waals surface area contributed by atoms with Gasteiger partial charge in [0.1, 0.15) is 18.1 Å². The zero-order valence-corrected chi connectivity index (χ0v) is 11.6. The smallest absolute Gasteiger partial charge is 0.128 e. The van der Waals surface area contributed by atoms with Crippen LogP contribution in [0.15, 0.2) is 53.0 Å². The summed E-state index contributed by atoms with van der Waals surface area (Å²) in [5.41, 5.74) is 1.97. The zero-order valence-electron chi connectivity index (χ0n) is 10.1. The van der Waals surface area contributed by atoms with E-state index in [2.05, 4.69) is 20.9 Å². The van der Waals surface area contributed by atoms with Gasteiger partial charge in [0.05, 0.1) is 5.69 Å². The van der Waals surface area contributed by atoms with Crippen LogP contribution in [-0.2, 0) is 6.61 Å². The number of aromatic hydroxyl groups is 1. The molecule has 0 aliphatic heterocycles. The third-order valence-corrected chi connectivity index (χ3v) is 3.40. The zero-order chi connectivity index (χ0) is 13.2. The van der Waals surface area contributed by atoms with E-state index in [-0.39, 0.29) is 5.75 Å². The molecule has 96 valence electrons. The largest absolute Gasteiger partial charge is 0.508 e. The first-order valence-corrected chi connectivity index (χ1v) is 6.69. The van der Waals surface area contributed by atoms with Gasteiger partial charge in [-0.25, -0.2) is 0 Å². The summed E-state index contributed by atoms with van der Waals surface area (Å²) < 4.78 is 6.72. The average Bonchev–Trinajstić information content (AvgIpc) is 2.80. The molecule has 0 aliphatic carbocycles. The summed E-state index contributed by atoms with van der Waals surface area (Å²) in [6, 6.07) is 14.9. The van der Waals surface area contributed by atoms with Crippen molar-refractivity contribution in [2.24, 2.45) is 0 Å². The number of phenols is 1. The molecule has 3 rings (SSSR count). The number of phenolic OH excluding ortho intramolecular Hbond substituents is 1. The van der Waals surface area contributed by atoms with Gasteiger partial charge >= 0.3 is 0 Å². The first-order chi connectivity index (χ1) is 9.20. The fourth-order valence-corrected chi connectivity index (χ4v) is 2.21. The number of hydrogen-bond donors (Lipinski definition) is 2. The third-order valence-electron chi connectivity index (χ3n) is 2.87. The van der Waals surface area contributed by atoms with Crippen LogP contribution in [0.4, 0.5) is 0 Å². The van der Waals surface area contributed by atoms with Crippen LogP contribution in [0.2, 0.25) is 0 Å². The maximum absolute atomic E-state index is 9.42. The number of ether oxygens (including phenoxy) is 1. The molecule has 0 unspecified atom stereocenters. The maximum Gasteiger partial charge on any atom is 0.128 e. The van der Waals surface area contributed by atoms with Gasteiger partial charge in [-0.05, 0) is 48.5 Å². The highest BCUT2D eigenvalue weighted by Gasteiger charge is 2.02. The van der Waals surface area contributed by atoms with Gasteiger partial charge in [-0.3, -0.25) is 0 Å². The maximum atomic E-state index is 9.42. The van der Waals surface area contributed by atoms with Gasteiger partial charge in [0.15, 0.2) is 0 Å². The number of benzene rings is 2. The van der Waals surface area contributed by atoms with E-state index in [4.69, 9.17) is 4.74 Å². The Morgan fingerprint density at radius 2 is 1.84 bits per heavy atom. The van der Waals surface area contributed by atoms with Crippen molar-refractivity contribution in [1.82, 2.24) is 4.98 Å². The predicted molar refractivity (Wildman–Crippen MR) is 78.4 cm³/mol. The second kappa shape index (κ2) is 4.97. The van der Waals surface area contributed by atoms with E-state index in [9.17, 15) is 5.11 Å². The van der Waals surface area contributed by atoms with Crippen LogP contribution in [0.1, 0.15) is 5.69 Å². The number of hydrogen-bond acceptors (Lipinski definition) is 2. The van der Waals surface area contributed by atoms with Crippen molar-refractivity contribution >= 4 is 26.8 Å². The van der Waals surface area contributed by atoms with E-state index in [0.717, 1.165) is 26.8 Å². The highest BCUT2D eigenvalue weighted by atomic mass is 79.9. The molecule has 0 aliphatic rings. The minimum atomic E-state index is 0.270. The molecule has 1 heterocycles. The van der Waals surface area contributed by atoms with Gasteiger partial charge in [0.2, 0.25) is 0 Å². The lowest BCUT2D eigenvalue weighted by atomic mass is 10.2. The molecule has 0 fully saturated rings. The van der Waals surface area contributed by atoms with Crippen LogP contribution in [0.25, 0.3) is 10.9 Å². The Kier molecular flexibility index (Phi) is 3.17. The molecule has 0 saturated carbocycles. The Bertz CT molecular complexity index is 704. The summed E-state index contributed by atoms with van der Waals surface area (Å²) in [6.07, 6.45) is 0. The number of halogens is 1. The normalized spacial score (nSPS) is 10.8. The number of rotatable bonds is 3. The Hall–Kier alpha value is -1.94. The lowest BCUT2D eigenvalue weighted by molar-refractivity contribution is 0.302. The van der Waals surface area contributed by atoms with Gasteiger partial charge < -0.3 is 14.8 Å². The minimum Gasteiger partial charge on any atom is -0.508 e. The van der Waals surface area contributed by atoms with E-state index >= 15 is 0 Å². The first-order valence-electron chi connectivity index (χ1n) is 5.90. The Morgan fingerprint density at radius 3 is 2.63 bits per heavy atom. The fourth-order valence-electron chi connectivity index (χ4n) is 1.95. The number of aromatic nitrogens is 1. The summed E-state index contributed by atoms with van der Waals surface area (Å²) in [6.45, 7) is 0.469. The van der Waals surface area contributed by atoms with Crippen molar-refractivity contribution in [3.63, 3.8) is 0 Å². The van der Waals surface area contributed by atoms with E-state index in [1.54, 1.807) is 12.1 Å². The number of H-pyrrole nitrogens is 1. The third kappa shape index (κ3) is 2.74. The average molecular weight is 318 g/mol. The molecule has 2 aromatic carbocycles. The first kappa shape index (κ1) is 12.1. The second-order valence-electron chi connectivity index (χ2n) is 4.31. The molecule has 0 spiro atoms. The molecule has 4 heteroatoms. The van der Waals surface area contributed by atoms with Crippen LogP contribution in [0, 0.1) is 0 Å². The Balaban J connectivity index is 1.76. The van der Waals surface area contributed by atoms with Crippen LogP contribution in [-0.4, -0.2) is 10.1 Å². The molecule has 3 aromatic rings. The van der Waals surface area contributed by atoms with Crippen molar-refractivity contribution in [1.29, 1.82) is 0 Å². The predicted octanol–water partition coefficient (Wildman–Crippen LogP) is 4.22. The summed E-state index contributed by atoms with van der Waals surface area (Å²) in [4.78, 5) is 3.26. The van der Waals surface area contributed by atoms with Crippen LogP contribution < -0.4 is 4.74 Å². The van der Waals surface area contributed by atoms with Gasteiger partial charge in [-0.2, -0.15) is 0 Å². The Labute approximate surface area is 119 Å². The molecule has 1 aromatic heterocycles. The molecular weight excluding hydrogens is 306 g/mol. The van der Waals surface area contributed by atoms with E-state index in [1.807, 2.05) is 36.4 Å². The van der Waals surface area contributed by atoms with Crippen molar-refractivity contribution in [3.05, 3.63) is 58.7 Å². The molecule has 0 amide bonds. The quantitative estimate of drug-likeness (QED) is 0.759. The van der Waals surface area contributed by atoms with Crippen molar-refractivity contribution in [2.75, 3.05) is 0 Å². The molecule has 0 radical (unpaired) electrons. The number of fused-ring (bicyclic) bond motifs is 1. The Morgan fingerprint density at radius 1 is 1.05 bits per heavy atom. The van der Waals surface area contributed by atoms with E-state index in [1.165, 1.54) is 0 Å². The summed E-state index contributed by atoms with van der Waals surface area (Å²) in [7, 11) is 0. The fraction of sp³-hybridized carbons (Fsp3) is 0.0667. The number of aromatic amines is 1. The van der Waals surface area contributed by atoms with Gasteiger partial charge in [-0.15, -0.1) is 0 Å². The molecule has 2 N–H and O–H groups in total. The summed E-state index contributed by atoms with van der Waals surface area (Å²) in [5.74, 6) is 1.09. The van der Waals surface area contributed by atoms with Crippen LogP contribution in [0.5, 0.6) is 11.5 Å². The summed E-state index contributed by atoms with van der Waals surface area (Å²) >= 11 is 3.39. The lowest BCUT2D eigenvalue weighted by Crippen LogP contribution is -1.94. The standard InChI is InChI=1S/C15H12BrNO2/c16-11-1-4-14(5-2-11)19-9-12-7-10-8-13(18)3-6-15(10)17-12/h1-8,17-18H,9H2. The van der Waals surface area contributed by atoms with Crippen LogP contribution >= 0.6 is 15.9 Å². The number of nitrogens with one attached hydrogen (secondary N) is 1. The van der Waals surface area contributed by atoms with Gasteiger partial charge in [0, 0.05) is 15.4 Å². The molecular formula is C15H12BrNO2. The highest BCUT2D eigenvalue weighted by molar-refractivity contribution is 9.10. The SMILES string of the molecule is Oc1ccc2[nH]c(COc3ccc(Br)cc3)cc2c1. The second-order valence-corrected chi connectivity index (χ2v) is 5.22. The van der Waals surface area contributed by atoms with E-state index < -0.39 is 0 Å². The topological polar surface area (TPSA) is 45.2 Å². The van der Waals surface area contributed by atoms with Crippen LogP contribution in [0.3, 0.4) is 0 Å². The lowest BCUT2D eigenvalue weighted by Gasteiger charge is -2.04. The molecule has 0 atom stereocenters. The van der Waals surface area contributed by atoms with Crippen molar-refractivity contribution < 1.29 is 9.84 Å². The molecule has 19 heavy (non-hydrogen) atoms. The molecule has 3 nitrogen and oxygen atoms in total. The summed E-state index contributed by atoms with van der Waals surface area (Å²) in [5, 5.41) is 10.4. The van der Waals surface area contributed by atoms with Crippen molar-refractivity contribution in [3.8, 4) is 11.5 Å². The van der Waals surface area contributed by atoms with E-state index in [0.29, 0.717) is 6.61 Å². The molecule has 0 bridgehead atoms. The monoisotopic (exact) mass is 317 g/mol. The highest BCUT2D eigenvalue weighted by Crippen LogP contribution is 2.22. The van der Waals surface area contributed by atoms with Gasteiger partial charge in [0.25, 0.3) is 0 Å². The minimum absolute atomic E-state index is 0.270. The van der Waals surface area contributed by atoms with Crippen molar-refractivity contribution in [2.45, 2.75) is 6.61 Å². The van der Waals surface area contributed by atoms with Gasteiger partial charge in [-0.1, -0.05) is 15.9 Å². The molecule has 0 saturated heterocycles.